The molecule has 0 aliphatic heterocycles. The number of anilines is 1. The SMILES string of the molecule is CN(c1ccc(Oc2ccc([N+](=O)[O-])cc2C#N)cc1)S(=O)(=O)c1ccc(F)cc1. The fraction of sp³-hybridized carbons (Fsp3) is 0.0500. The third-order valence-corrected chi connectivity index (χ3v) is 5.99. The topological polar surface area (TPSA) is 114 Å². The number of nitro groups is 1. The van der Waals surface area contributed by atoms with Gasteiger partial charge in [0.2, 0.25) is 0 Å². The van der Waals surface area contributed by atoms with Gasteiger partial charge in [0.15, 0.2) is 0 Å². The Kier molecular flexibility index (Phi) is 5.66. The summed E-state index contributed by atoms with van der Waals surface area (Å²) in [5.41, 5.74) is 0.0852. The van der Waals surface area contributed by atoms with Gasteiger partial charge < -0.3 is 4.74 Å². The van der Waals surface area contributed by atoms with E-state index in [1.165, 1.54) is 55.6 Å². The van der Waals surface area contributed by atoms with E-state index in [0.29, 0.717) is 11.4 Å². The number of non-ortho nitro benzene ring substituents is 1. The zero-order valence-corrected chi connectivity index (χ0v) is 16.3. The highest BCUT2D eigenvalue weighted by molar-refractivity contribution is 7.92. The molecule has 30 heavy (non-hydrogen) atoms. The first-order valence-electron chi connectivity index (χ1n) is 8.43. The predicted molar refractivity (Wildman–Crippen MR) is 106 cm³/mol. The maximum Gasteiger partial charge on any atom is 0.271 e. The van der Waals surface area contributed by atoms with Crippen molar-refractivity contribution in [3.63, 3.8) is 0 Å². The van der Waals surface area contributed by atoms with Gasteiger partial charge in [0.1, 0.15) is 28.9 Å². The van der Waals surface area contributed by atoms with E-state index in [1.54, 1.807) is 0 Å². The highest BCUT2D eigenvalue weighted by Crippen LogP contribution is 2.30. The average molecular weight is 427 g/mol. The van der Waals surface area contributed by atoms with Crippen molar-refractivity contribution >= 4 is 21.4 Å². The fourth-order valence-corrected chi connectivity index (χ4v) is 3.76. The first-order chi connectivity index (χ1) is 14.2. The fourth-order valence-electron chi connectivity index (χ4n) is 2.56. The smallest absolute Gasteiger partial charge is 0.271 e. The molecule has 0 aliphatic rings. The maximum absolute atomic E-state index is 13.1. The third-order valence-electron chi connectivity index (χ3n) is 4.19. The Labute approximate surface area is 171 Å². The van der Waals surface area contributed by atoms with E-state index in [9.17, 15) is 28.2 Å². The lowest BCUT2D eigenvalue weighted by molar-refractivity contribution is -0.384. The lowest BCUT2D eigenvalue weighted by Gasteiger charge is -2.20. The summed E-state index contributed by atoms with van der Waals surface area (Å²) in [4.78, 5) is 10.1. The number of hydrogen-bond donors (Lipinski definition) is 0. The molecular formula is C20H14FN3O5S. The third kappa shape index (κ3) is 4.21. The Morgan fingerprint density at radius 3 is 2.27 bits per heavy atom. The largest absolute Gasteiger partial charge is 0.456 e. The summed E-state index contributed by atoms with van der Waals surface area (Å²) in [5.74, 6) is -0.110. The molecule has 0 heterocycles. The van der Waals surface area contributed by atoms with Gasteiger partial charge in [0.25, 0.3) is 15.7 Å². The number of halogens is 1. The molecule has 0 radical (unpaired) electrons. The standard InChI is InChI=1S/C20H14FN3O5S/c1-23(30(27,28)19-9-2-15(21)3-10-19)16-4-7-18(8-5-16)29-20-11-6-17(24(25)26)12-14(20)13-22/h2-12H,1H3. The number of nitriles is 1. The van der Waals surface area contributed by atoms with E-state index in [0.717, 1.165) is 22.5 Å². The summed E-state index contributed by atoms with van der Waals surface area (Å²) >= 11 is 0. The number of hydrogen-bond acceptors (Lipinski definition) is 6. The van der Waals surface area contributed by atoms with Gasteiger partial charge in [-0.05, 0) is 54.6 Å². The van der Waals surface area contributed by atoms with Crippen molar-refractivity contribution in [1.82, 2.24) is 0 Å². The monoisotopic (exact) mass is 427 g/mol. The van der Waals surface area contributed by atoms with E-state index >= 15 is 0 Å². The van der Waals surface area contributed by atoms with Crippen molar-refractivity contribution in [3.05, 3.63) is 88.2 Å². The molecule has 3 aromatic rings. The molecule has 0 saturated heterocycles. The molecule has 0 N–H and O–H groups in total. The quantitative estimate of drug-likeness (QED) is 0.430. The second-order valence-corrected chi connectivity index (χ2v) is 8.04. The van der Waals surface area contributed by atoms with E-state index in [-0.39, 0.29) is 21.9 Å². The Balaban J connectivity index is 1.82. The summed E-state index contributed by atoms with van der Waals surface area (Å²) in [6.07, 6.45) is 0. The average Bonchev–Trinajstić information content (AvgIpc) is 2.74. The Bertz CT molecular complexity index is 1240. The van der Waals surface area contributed by atoms with Crippen molar-refractivity contribution < 1.29 is 22.5 Å². The molecular weight excluding hydrogens is 413 g/mol. The minimum absolute atomic E-state index is 0.00992. The van der Waals surface area contributed by atoms with Crippen LogP contribution in [0.2, 0.25) is 0 Å². The zero-order chi connectivity index (χ0) is 21.9. The van der Waals surface area contributed by atoms with Crippen LogP contribution in [0.25, 0.3) is 0 Å². The van der Waals surface area contributed by atoms with Crippen LogP contribution in [-0.4, -0.2) is 20.4 Å². The number of sulfonamides is 1. The van der Waals surface area contributed by atoms with Crippen molar-refractivity contribution in [3.8, 4) is 17.6 Å². The first kappa shape index (κ1) is 20.8. The van der Waals surface area contributed by atoms with E-state index in [4.69, 9.17) is 4.74 Å². The Hall–Kier alpha value is -3.97. The number of rotatable bonds is 6. The first-order valence-corrected chi connectivity index (χ1v) is 9.87. The van der Waals surface area contributed by atoms with Crippen LogP contribution in [-0.2, 0) is 10.0 Å². The number of ether oxygens (including phenoxy) is 1. The number of benzene rings is 3. The molecule has 0 amide bonds. The van der Waals surface area contributed by atoms with Crippen LogP contribution in [0.1, 0.15) is 5.56 Å². The van der Waals surface area contributed by atoms with Crippen LogP contribution < -0.4 is 9.04 Å². The minimum atomic E-state index is -3.89. The van der Waals surface area contributed by atoms with Crippen LogP contribution in [0.15, 0.2) is 71.6 Å². The number of nitrogens with zero attached hydrogens (tertiary/aromatic N) is 3. The maximum atomic E-state index is 13.1. The highest BCUT2D eigenvalue weighted by Gasteiger charge is 2.21. The molecule has 10 heteroatoms. The van der Waals surface area contributed by atoms with E-state index in [2.05, 4.69) is 0 Å². The Morgan fingerprint density at radius 2 is 1.70 bits per heavy atom. The molecule has 0 aromatic heterocycles. The molecule has 152 valence electrons. The van der Waals surface area contributed by atoms with Crippen molar-refractivity contribution in [2.24, 2.45) is 0 Å². The van der Waals surface area contributed by atoms with E-state index < -0.39 is 20.8 Å². The summed E-state index contributed by atoms with van der Waals surface area (Å²) in [5, 5.41) is 20.0. The van der Waals surface area contributed by atoms with Crippen LogP contribution in [0.3, 0.4) is 0 Å². The molecule has 0 fully saturated rings. The number of nitro benzene ring substituents is 1. The zero-order valence-electron chi connectivity index (χ0n) is 15.5. The van der Waals surface area contributed by atoms with Gasteiger partial charge in [0, 0.05) is 19.2 Å². The lowest BCUT2D eigenvalue weighted by Crippen LogP contribution is -2.26. The predicted octanol–water partition coefficient (Wildman–Crippen LogP) is 4.22. The van der Waals surface area contributed by atoms with Crippen LogP contribution in [0.5, 0.6) is 11.5 Å². The van der Waals surface area contributed by atoms with Gasteiger partial charge in [-0.3, -0.25) is 14.4 Å². The van der Waals surface area contributed by atoms with E-state index in [1.807, 2.05) is 6.07 Å². The highest BCUT2D eigenvalue weighted by atomic mass is 32.2. The van der Waals surface area contributed by atoms with Crippen molar-refractivity contribution in [2.45, 2.75) is 4.90 Å². The molecule has 8 nitrogen and oxygen atoms in total. The molecule has 3 rings (SSSR count). The van der Waals surface area contributed by atoms with Gasteiger partial charge in [0.05, 0.1) is 15.5 Å². The second kappa shape index (κ2) is 8.18. The molecule has 0 atom stereocenters. The van der Waals surface area contributed by atoms with Crippen LogP contribution >= 0.6 is 0 Å². The van der Waals surface area contributed by atoms with Crippen LogP contribution in [0.4, 0.5) is 15.8 Å². The normalized spacial score (nSPS) is 10.8. The van der Waals surface area contributed by atoms with Crippen molar-refractivity contribution in [2.75, 3.05) is 11.4 Å². The van der Waals surface area contributed by atoms with Gasteiger partial charge in [-0.2, -0.15) is 5.26 Å². The Morgan fingerprint density at radius 1 is 1.07 bits per heavy atom. The molecule has 0 saturated carbocycles. The molecule has 0 bridgehead atoms. The van der Waals surface area contributed by atoms with Crippen LogP contribution in [0, 0.1) is 27.3 Å². The van der Waals surface area contributed by atoms with Gasteiger partial charge in [-0.1, -0.05) is 0 Å². The van der Waals surface area contributed by atoms with Gasteiger partial charge >= 0.3 is 0 Å². The molecule has 0 spiro atoms. The summed E-state index contributed by atoms with van der Waals surface area (Å²) in [6.45, 7) is 0. The summed E-state index contributed by atoms with van der Waals surface area (Å²) in [7, 11) is -2.53. The second-order valence-electron chi connectivity index (χ2n) is 6.07. The van der Waals surface area contributed by atoms with Crippen molar-refractivity contribution in [1.29, 1.82) is 5.26 Å². The lowest BCUT2D eigenvalue weighted by atomic mass is 10.2. The molecule has 3 aromatic carbocycles. The molecule has 0 aliphatic carbocycles. The summed E-state index contributed by atoms with van der Waals surface area (Å²) < 4.78 is 45.0. The minimum Gasteiger partial charge on any atom is -0.456 e. The van der Waals surface area contributed by atoms with Gasteiger partial charge in [-0.25, -0.2) is 12.8 Å². The van der Waals surface area contributed by atoms with Gasteiger partial charge in [-0.15, -0.1) is 0 Å². The summed E-state index contributed by atoms with van der Waals surface area (Å²) in [6, 6.07) is 15.9. The molecule has 0 unspecified atom stereocenters.